The highest BCUT2D eigenvalue weighted by atomic mass is 79.9. The van der Waals surface area contributed by atoms with Crippen LogP contribution in [0.4, 0.5) is 11.4 Å². The predicted octanol–water partition coefficient (Wildman–Crippen LogP) is 3.71. The van der Waals surface area contributed by atoms with E-state index in [-0.39, 0.29) is 11.6 Å². The van der Waals surface area contributed by atoms with E-state index in [4.69, 9.17) is 9.84 Å². The molecule has 0 unspecified atom stereocenters. The number of hydrogen-bond acceptors (Lipinski definition) is 7. The Morgan fingerprint density at radius 1 is 1.31 bits per heavy atom. The third-order valence-corrected chi connectivity index (χ3v) is 5.10. The van der Waals surface area contributed by atoms with Crippen molar-refractivity contribution < 1.29 is 24.4 Å². The lowest BCUT2D eigenvalue weighted by Gasteiger charge is -2.03. The van der Waals surface area contributed by atoms with Crippen LogP contribution in [-0.2, 0) is 9.59 Å². The zero-order valence-corrected chi connectivity index (χ0v) is 16.9. The third-order valence-electron chi connectivity index (χ3n) is 3.56. The molecule has 3 rings (SSSR count). The van der Waals surface area contributed by atoms with Crippen LogP contribution in [-0.4, -0.2) is 33.7 Å². The number of non-ortho nitro benzene ring substituents is 1. The number of nitro groups is 1. The Bertz CT molecular complexity index is 1050. The number of carbonyl (C=O) groups excluding carboxylic acids is 1. The van der Waals surface area contributed by atoms with Gasteiger partial charge in [0.2, 0.25) is 0 Å². The molecule has 1 aliphatic rings. The average Bonchev–Trinajstić information content (AvgIpc) is 3.01. The number of aliphatic imine (C=N–C) groups is 1. The number of carboxylic acid groups (broad SMARTS) is 1. The Morgan fingerprint density at radius 3 is 2.66 bits per heavy atom. The third kappa shape index (κ3) is 5.42. The molecule has 1 heterocycles. The van der Waals surface area contributed by atoms with Gasteiger partial charge in [-0.3, -0.25) is 14.9 Å². The number of aliphatic carboxylic acids is 1. The molecule has 1 fully saturated rings. The monoisotopic (exact) mass is 477 g/mol. The maximum absolute atomic E-state index is 12.2. The van der Waals surface area contributed by atoms with Crippen LogP contribution in [0.5, 0.6) is 5.75 Å². The van der Waals surface area contributed by atoms with Gasteiger partial charge >= 0.3 is 5.97 Å². The van der Waals surface area contributed by atoms with Gasteiger partial charge in [0, 0.05) is 12.1 Å². The van der Waals surface area contributed by atoms with Crippen LogP contribution in [0.25, 0.3) is 6.08 Å². The minimum atomic E-state index is -1.07. The van der Waals surface area contributed by atoms with Crippen molar-refractivity contribution in [1.29, 1.82) is 0 Å². The van der Waals surface area contributed by atoms with E-state index in [2.05, 4.69) is 26.2 Å². The number of nitrogens with one attached hydrogen (secondary N) is 1. The van der Waals surface area contributed by atoms with E-state index in [1.54, 1.807) is 30.3 Å². The van der Waals surface area contributed by atoms with Crippen molar-refractivity contribution in [3.05, 3.63) is 67.5 Å². The second-order valence-corrected chi connectivity index (χ2v) is 7.51. The first-order valence-electron chi connectivity index (χ1n) is 8.00. The maximum atomic E-state index is 12.2. The summed E-state index contributed by atoms with van der Waals surface area (Å²) in [6.45, 7) is -0.434. The summed E-state index contributed by atoms with van der Waals surface area (Å²) in [6, 6.07) is 10.8. The number of nitro benzene ring substituents is 1. The van der Waals surface area contributed by atoms with Gasteiger partial charge in [0.1, 0.15) is 5.75 Å². The fourth-order valence-electron chi connectivity index (χ4n) is 2.25. The molecule has 1 amide bonds. The first-order valence-corrected chi connectivity index (χ1v) is 9.61. The van der Waals surface area contributed by atoms with Crippen LogP contribution in [0.15, 0.2) is 56.8 Å². The number of nitrogens with zero attached hydrogens (tertiary/aromatic N) is 2. The van der Waals surface area contributed by atoms with E-state index in [1.165, 1.54) is 18.2 Å². The fraction of sp³-hybridized carbons (Fsp3) is 0.0556. The lowest BCUT2D eigenvalue weighted by atomic mass is 10.2. The van der Waals surface area contributed by atoms with Gasteiger partial charge in [-0.25, -0.2) is 9.79 Å². The van der Waals surface area contributed by atoms with Gasteiger partial charge in [-0.1, -0.05) is 12.1 Å². The highest BCUT2D eigenvalue weighted by Crippen LogP contribution is 2.33. The number of benzene rings is 2. The zero-order chi connectivity index (χ0) is 21.0. The van der Waals surface area contributed by atoms with E-state index in [0.29, 0.717) is 26.0 Å². The van der Waals surface area contributed by atoms with Crippen molar-refractivity contribution in [3.8, 4) is 5.75 Å². The van der Waals surface area contributed by atoms with Crippen LogP contribution in [0.1, 0.15) is 5.56 Å². The largest absolute Gasteiger partial charge is 0.482 e. The number of hydrogen-bond donors (Lipinski definition) is 2. The molecule has 1 saturated heterocycles. The number of halogens is 1. The molecule has 0 aromatic heterocycles. The van der Waals surface area contributed by atoms with Crippen molar-refractivity contribution in [2.75, 3.05) is 6.61 Å². The predicted molar refractivity (Wildman–Crippen MR) is 111 cm³/mol. The highest BCUT2D eigenvalue weighted by Gasteiger charge is 2.24. The summed E-state index contributed by atoms with van der Waals surface area (Å²) in [4.78, 5) is 37.7. The smallest absolute Gasteiger partial charge is 0.341 e. The topological polar surface area (TPSA) is 131 Å². The molecule has 0 spiro atoms. The summed E-state index contributed by atoms with van der Waals surface area (Å²) in [5, 5.41) is 22.4. The number of rotatable bonds is 6. The summed E-state index contributed by atoms with van der Waals surface area (Å²) in [5.41, 5.74) is 1.10. The molecule has 1 aliphatic heterocycles. The van der Waals surface area contributed by atoms with Crippen LogP contribution in [0, 0.1) is 10.1 Å². The number of amides is 1. The number of amidine groups is 1. The average molecular weight is 478 g/mol. The molecule has 0 saturated carbocycles. The Balaban J connectivity index is 1.73. The molecule has 2 N–H and O–H groups in total. The number of carbonyl (C=O) groups is 2. The van der Waals surface area contributed by atoms with Gasteiger partial charge in [0.05, 0.1) is 20.0 Å². The summed E-state index contributed by atoms with van der Waals surface area (Å²) in [6.07, 6.45) is 1.66. The second-order valence-electron chi connectivity index (χ2n) is 5.63. The highest BCUT2D eigenvalue weighted by molar-refractivity contribution is 9.10. The number of carboxylic acids is 1. The van der Waals surface area contributed by atoms with Gasteiger partial charge in [0.25, 0.3) is 11.6 Å². The summed E-state index contributed by atoms with van der Waals surface area (Å²) < 4.78 is 5.49. The maximum Gasteiger partial charge on any atom is 0.341 e. The molecule has 0 radical (unpaired) electrons. The standard InChI is InChI=1S/C18H12BrN3O6S/c19-13-8-11(22(26)27)3-6-14(13)20-18-21-17(25)15(29-18)7-10-1-4-12(5-2-10)28-9-16(23)24/h1-8H,9H2,(H,23,24)(H,20,21,25)/b15-7+. The van der Waals surface area contributed by atoms with Crippen LogP contribution in [0.3, 0.4) is 0 Å². The molecule has 0 aliphatic carbocycles. The first-order chi connectivity index (χ1) is 13.8. The van der Waals surface area contributed by atoms with E-state index < -0.39 is 17.5 Å². The Labute approximate surface area is 176 Å². The molecule has 148 valence electrons. The molecule has 0 bridgehead atoms. The van der Waals surface area contributed by atoms with Gasteiger partial charge in [0.15, 0.2) is 11.8 Å². The normalized spacial score (nSPS) is 16.1. The Hall–Kier alpha value is -3.18. The van der Waals surface area contributed by atoms with E-state index in [1.807, 2.05) is 0 Å². The minimum absolute atomic E-state index is 0.0692. The SMILES string of the molecule is O=C(O)COc1ccc(/C=C2/SC(=Nc3ccc([N+](=O)[O-])cc3Br)NC2=O)cc1. The zero-order valence-electron chi connectivity index (χ0n) is 14.5. The lowest BCUT2D eigenvalue weighted by molar-refractivity contribution is -0.384. The fourth-order valence-corrected chi connectivity index (χ4v) is 3.54. The van der Waals surface area contributed by atoms with Gasteiger partial charge < -0.3 is 15.2 Å². The van der Waals surface area contributed by atoms with E-state index in [0.717, 1.165) is 17.3 Å². The van der Waals surface area contributed by atoms with Crippen LogP contribution >= 0.6 is 27.7 Å². The summed E-state index contributed by atoms with van der Waals surface area (Å²) in [7, 11) is 0. The van der Waals surface area contributed by atoms with Gasteiger partial charge in [-0.15, -0.1) is 0 Å². The van der Waals surface area contributed by atoms with Gasteiger partial charge in [-0.05, 0) is 57.5 Å². The van der Waals surface area contributed by atoms with Crippen molar-refractivity contribution in [1.82, 2.24) is 5.32 Å². The minimum Gasteiger partial charge on any atom is -0.482 e. The summed E-state index contributed by atoms with van der Waals surface area (Å²) >= 11 is 4.37. The molecule has 9 nitrogen and oxygen atoms in total. The van der Waals surface area contributed by atoms with Crippen molar-refractivity contribution in [2.24, 2.45) is 4.99 Å². The van der Waals surface area contributed by atoms with Crippen molar-refractivity contribution in [2.45, 2.75) is 0 Å². The van der Waals surface area contributed by atoms with Crippen molar-refractivity contribution >= 4 is 62.2 Å². The molecule has 11 heteroatoms. The van der Waals surface area contributed by atoms with Crippen molar-refractivity contribution in [3.63, 3.8) is 0 Å². The molecule has 2 aromatic rings. The Morgan fingerprint density at radius 2 is 2.03 bits per heavy atom. The molecular formula is C18H12BrN3O6S. The number of thioether (sulfide) groups is 1. The van der Waals surface area contributed by atoms with Crippen LogP contribution in [0.2, 0.25) is 0 Å². The molecule has 2 aromatic carbocycles. The molecule has 29 heavy (non-hydrogen) atoms. The summed E-state index contributed by atoms with van der Waals surface area (Å²) in [5.74, 6) is -0.983. The number of ether oxygens (including phenoxy) is 1. The first kappa shape index (κ1) is 20.6. The second kappa shape index (κ2) is 8.88. The van der Waals surface area contributed by atoms with Crippen LogP contribution < -0.4 is 10.1 Å². The molecule has 0 atom stereocenters. The van der Waals surface area contributed by atoms with Gasteiger partial charge in [-0.2, -0.15) is 0 Å². The molecular weight excluding hydrogens is 466 g/mol. The van der Waals surface area contributed by atoms with E-state index >= 15 is 0 Å². The van der Waals surface area contributed by atoms with E-state index in [9.17, 15) is 19.7 Å². The quantitative estimate of drug-likeness (QED) is 0.368. The lowest BCUT2D eigenvalue weighted by Crippen LogP contribution is -2.19. The Kier molecular flexibility index (Phi) is 6.29.